The zero-order valence-electron chi connectivity index (χ0n) is 38.4. The van der Waals surface area contributed by atoms with Crippen molar-refractivity contribution in [3.8, 4) is 0 Å². The third kappa shape index (κ3) is 54.8. The first-order chi connectivity index (χ1) is 29.0. The Hall–Kier alpha value is -1.17. The van der Waals surface area contributed by atoms with Gasteiger partial charge in [0.1, 0.15) is 5.60 Å². The number of carbonyl (C=O) groups is 1. The molecule has 14 nitrogen and oxygen atoms in total. The van der Waals surface area contributed by atoms with Gasteiger partial charge in [-0.3, -0.25) is 0 Å². The number of hydrogen-bond acceptors (Lipinski definition) is 13. The van der Waals surface area contributed by atoms with Gasteiger partial charge in [-0.05, 0) is 27.2 Å². The Morgan fingerprint density at radius 3 is 0.797 bits per heavy atom. The summed E-state index contributed by atoms with van der Waals surface area (Å²) in [4.78, 5) is 11.5. The molecule has 0 rings (SSSR count). The highest BCUT2D eigenvalue weighted by atomic mass is 16.6. The zero-order chi connectivity index (χ0) is 42.8. The molecule has 0 radical (unpaired) electrons. The molecule has 0 aromatic heterocycles. The summed E-state index contributed by atoms with van der Waals surface area (Å²) in [7, 11) is 0. The van der Waals surface area contributed by atoms with Crippen LogP contribution in [0.15, 0.2) is 0 Å². The van der Waals surface area contributed by atoms with Gasteiger partial charge >= 0.3 is 6.09 Å². The number of amides is 1. The number of rotatable bonds is 50. The molecule has 0 spiro atoms. The molecule has 1 amide bonds. The highest BCUT2D eigenvalue weighted by molar-refractivity contribution is 5.67. The van der Waals surface area contributed by atoms with Gasteiger partial charge in [0.2, 0.25) is 0 Å². The van der Waals surface area contributed by atoms with E-state index in [0.29, 0.717) is 145 Å². The quantitative estimate of drug-likeness (QED) is 0.0593. The van der Waals surface area contributed by atoms with Crippen LogP contribution in [-0.4, -0.2) is 164 Å². The van der Waals surface area contributed by atoms with E-state index < -0.39 is 11.7 Å². The van der Waals surface area contributed by atoms with Gasteiger partial charge in [-0.15, -0.1) is 0 Å². The van der Waals surface area contributed by atoms with Gasteiger partial charge in [-0.2, -0.15) is 0 Å². The van der Waals surface area contributed by atoms with Crippen LogP contribution in [-0.2, 0) is 56.8 Å². The highest BCUT2D eigenvalue weighted by Gasteiger charge is 2.15. The van der Waals surface area contributed by atoms with Crippen LogP contribution in [0.3, 0.4) is 0 Å². The SMILES string of the molecule is CCCCCCCCCCCCCCCCCCOCCOCCOCCOCCOCCOCCOCCOCCOCCOCCOCCNC(=O)OC(C)(C)C. The minimum absolute atomic E-state index is 0.385. The van der Waals surface area contributed by atoms with Crippen LogP contribution in [0.5, 0.6) is 0 Å². The molecule has 354 valence electrons. The van der Waals surface area contributed by atoms with Gasteiger partial charge in [-0.1, -0.05) is 103 Å². The predicted molar refractivity (Wildman–Crippen MR) is 233 cm³/mol. The van der Waals surface area contributed by atoms with E-state index in [-0.39, 0.29) is 0 Å². The maximum Gasteiger partial charge on any atom is 0.407 e. The molecule has 0 bridgehead atoms. The smallest absolute Gasteiger partial charge is 0.407 e. The largest absolute Gasteiger partial charge is 0.444 e. The lowest BCUT2D eigenvalue weighted by Gasteiger charge is -2.19. The maximum absolute atomic E-state index is 11.5. The average molecular weight is 854 g/mol. The number of hydrogen-bond donors (Lipinski definition) is 1. The van der Waals surface area contributed by atoms with Crippen LogP contribution in [0, 0.1) is 0 Å². The Morgan fingerprint density at radius 2 is 0.542 bits per heavy atom. The fourth-order valence-corrected chi connectivity index (χ4v) is 5.59. The molecule has 0 aliphatic carbocycles. The topological polar surface area (TPSA) is 140 Å². The van der Waals surface area contributed by atoms with E-state index in [1.54, 1.807) is 0 Å². The van der Waals surface area contributed by atoms with Gasteiger partial charge in [0.15, 0.2) is 0 Å². The molecular formula is C45H91NO13. The van der Waals surface area contributed by atoms with E-state index in [1.807, 2.05) is 20.8 Å². The van der Waals surface area contributed by atoms with Crippen molar-refractivity contribution in [2.45, 2.75) is 136 Å². The Bertz CT molecular complexity index is 806. The first-order valence-electron chi connectivity index (χ1n) is 23.3. The molecule has 0 unspecified atom stereocenters. The van der Waals surface area contributed by atoms with Crippen LogP contribution in [0.1, 0.15) is 130 Å². The van der Waals surface area contributed by atoms with Gasteiger partial charge in [-0.25, -0.2) is 4.79 Å². The molecule has 0 heterocycles. The fraction of sp³-hybridized carbons (Fsp3) is 0.978. The number of alkyl carbamates (subject to hydrolysis) is 1. The molecule has 0 aliphatic heterocycles. The van der Waals surface area contributed by atoms with Crippen molar-refractivity contribution in [3.05, 3.63) is 0 Å². The van der Waals surface area contributed by atoms with E-state index in [0.717, 1.165) is 13.0 Å². The Balaban J connectivity index is 3.09. The monoisotopic (exact) mass is 854 g/mol. The third-order valence-electron chi connectivity index (χ3n) is 8.78. The van der Waals surface area contributed by atoms with Gasteiger partial charge in [0.25, 0.3) is 0 Å². The number of unbranched alkanes of at least 4 members (excludes halogenated alkanes) is 15. The molecule has 0 aromatic rings. The minimum Gasteiger partial charge on any atom is -0.444 e. The molecule has 14 heteroatoms. The van der Waals surface area contributed by atoms with Crippen molar-refractivity contribution in [2.24, 2.45) is 0 Å². The van der Waals surface area contributed by atoms with Gasteiger partial charge in [0, 0.05) is 13.2 Å². The second-order valence-electron chi connectivity index (χ2n) is 15.5. The lowest BCUT2D eigenvalue weighted by atomic mass is 10.0. The summed E-state index contributed by atoms with van der Waals surface area (Å²) in [5.74, 6) is 0. The molecule has 0 saturated heterocycles. The Labute approximate surface area is 360 Å². The molecule has 1 N–H and O–H groups in total. The molecular weight excluding hydrogens is 762 g/mol. The summed E-state index contributed by atoms with van der Waals surface area (Å²) in [6.45, 7) is 19.7. The standard InChI is InChI=1S/C45H91NO13/c1-5-6-7-8-9-10-11-12-13-14-15-16-17-18-19-20-22-48-24-26-50-28-30-52-32-34-54-36-38-56-40-42-58-43-41-57-39-37-55-35-33-53-31-29-51-27-25-49-23-21-46-44(47)59-45(2,3)4/h5-43H2,1-4H3,(H,46,47). The van der Waals surface area contributed by atoms with Gasteiger partial charge in [0.05, 0.1) is 139 Å². The van der Waals surface area contributed by atoms with Crippen molar-refractivity contribution in [1.82, 2.24) is 5.32 Å². The van der Waals surface area contributed by atoms with Crippen LogP contribution in [0.4, 0.5) is 4.79 Å². The van der Waals surface area contributed by atoms with E-state index >= 15 is 0 Å². The molecule has 0 fully saturated rings. The normalized spacial score (nSPS) is 11.8. The summed E-state index contributed by atoms with van der Waals surface area (Å²) >= 11 is 0. The second-order valence-corrected chi connectivity index (χ2v) is 15.5. The van der Waals surface area contributed by atoms with Crippen molar-refractivity contribution in [3.63, 3.8) is 0 Å². The van der Waals surface area contributed by atoms with E-state index in [2.05, 4.69) is 12.2 Å². The van der Waals surface area contributed by atoms with E-state index in [4.69, 9.17) is 56.8 Å². The Kier molecular flexibility index (Phi) is 48.5. The summed E-state index contributed by atoms with van der Waals surface area (Å²) in [6, 6.07) is 0. The first-order valence-corrected chi connectivity index (χ1v) is 23.3. The van der Waals surface area contributed by atoms with Crippen molar-refractivity contribution in [1.29, 1.82) is 0 Å². The summed E-state index contributed by atoms with van der Waals surface area (Å²) in [6.07, 6.45) is 21.7. The predicted octanol–water partition coefficient (Wildman–Crippen LogP) is 7.96. The zero-order valence-corrected chi connectivity index (χ0v) is 38.4. The molecule has 0 aromatic carbocycles. The van der Waals surface area contributed by atoms with Gasteiger partial charge < -0.3 is 62.2 Å². The van der Waals surface area contributed by atoms with E-state index in [9.17, 15) is 4.79 Å². The van der Waals surface area contributed by atoms with Crippen LogP contribution in [0.25, 0.3) is 0 Å². The fourth-order valence-electron chi connectivity index (χ4n) is 5.59. The lowest BCUT2D eigenvalue weighted by molar-refractivity contribution is -0.0275. The highest BCUT2D eigenvalue weighted by Crippen LogP contribution is 2.14. The third-order valence-corrected chi connectivity index (χ3v) is 8.78. The van der Waals surface area contributed by atoms with Crippen molar-refractivity contribution >= 4 is 6.09 Å². The second kappa shape index (κ2) is 49.5. The van der Waals surface area contributed by atoms with Crippen LogP contribution >= 0.6 is 0 Å². The summed E-state index contributed by atoms with van der Waals surface area (Å²) < 4.78 is 65.9. The lowest BCUT2D eigenvalue weighted by Crippen LogP contribution is -2.34. The molecule has 0 atom stereocenters. The maximum atomic E-state index is 11.5. The summed E-state index contributed by atoms with van der Waals surface area (Å²) in [5, 5.41) is 2.64. The minimum atomic E-state index is -0.511. The van der Waals surface area contributed by atoms with Crippen LogP contribution in [0.2, 0.25) is 0 Å². The van der Waals surface area contributed by atoms with Crippen molar-refractivity contribution in [2.75, 3.05) is 152 Å². The summed E-state index contributed by atoms with van der Waals surface area (Å²) in [5.41, 5.74) is -0.511. The molecule has 59 heavy (non-hydrogen) atoms. The van der Waals surface area contributed by atoms with Crippen LogP contribution < -0.4 is 5.32 Å². The van der Waals surface area contributed by atoms with E-state index in [1.165, 1.54) is 96.3 Å². The molecule has 0 saturated carbocycles. The molecule has 0 aliphatic rings. The number of ether oxygens (including phenoxy) is 12. The first kappa shape index (κ1) is 57.8. The number of carbonyl (C=O) groups excluding carboxylic acids is 1. The Morgan fingerprint density at radius 1 is 0.322 bits per heavy atom. The number of nitrogens with one attached hydrogen (secondary N) is 1. The van der Waals surface area contributed by atoms with Crippen molar-refractivity contribution < 1.29 is 61.6 Å². The average Bonchev–Trinajstić information content (AvgIpc) is 3.21.